The summed E-state index contributed by atoms with van der Waals surface area (Å²) in [5, 5.41) is 1.63. The van der Waals surface area contributed by atoms with Gasteiger partial charge in [0.25, 0.3) is 5.91 Å². The zero-order valence-corrected chi connectivity index (χ0v) is 15.1. The third-order valence-electron chi connectivity index (χ3n) is 3.39. The summed E-state index contributed by atoms with van der Waals surface area (Å²) in [5.74, 6) is 0.905. The molecule has 0 N–H and O–H groups in total. The van der Waals surface area contributed by atoms with Gasteiger partial charge in [0.15, 0.2) is 0 Å². The highest BCUT2D eigenvalue weighted by atomic mass is 35.5. The number of hydrogen-bond acceptors (Lipinski definition) is 4. The minimum absolute atomic E-state index is 0.0109. The van der Waals surface area contributed by atoms with Crippen LogP contribution in [0.4, 0.5) is 5.69 Å². The van der Waals surface area contributed by atoms with E-state index in [1.165, 1.54) is 11.3 Å². The highest BCUT2D eigenvalue weighted by molar-refractivity contribution is 7.99. The average Bonchev–Trinajstić information content (AvgIpc) is 2.95. The molecule has 0 unspecified atom stereocenters. The molecule has 1 aromatic carbocycles. The summed E-state index contributed by atoms with van der Waals surface area (Å²) in [6, 6.07) is 5.72. The Labute approximate surface area is 143 Å². The quantitative estimate of drug-likeness (QED) is 0.735. The van der Waals surface area contributed by atoms with Gasteiger partial charge in [-0.2, -0.15) is 0 Å². The lowest BCUT2D eigenvalue weighted by atomic mass is 9.98. The van der Waals surface area contributed by atoms with Crippen LogP contribution in [0.3, 0.4) is 0 Å². The Morgan fingerprint density at radius 1 is 1.36 bits per heavy atom. The molecule has 1 aliphatic rings. The molecule has 1 aromatic heterocycles. The van der Waals surface area contributed by atoms with Crippen LogP contribution in [0.25, 0.3) is 0 Å². The Hall–Kier alpha value is -1.04. The van der Waals surface area contributed by atoms with Crippen molar-refractivity contribution in [2.75, 3.05) is 17.2 Å². The van der Waals surface area contributed by atoms with E-state index in [1.807, 2.05) is 23.1 Å². The number of rotatable bonds is 1. The molecule has 1 aliphatic heterocycles. The number of nitrogens with zero attached hydrogens (tertiary/aromatic N) is 2. The summed E-state index contributed by atoms with van der Waals surface area (Å²) < 4.78 is 0. The maximum Gasteiger partial charge on any atom is 0.270 e. The fourth-order valence-electron chi connectivity index (χ4n) is 2.25. The number of hydrogen-bond donors (Lipinski definition) is 0. The van der Waals surface area contributed by atoms with Gasteiger partial charge < -0.3 is 4.90 Å². The number of halogens is 1. The van der Waals surface area contributed by atoms with Crippen LogP contribution in [-0.4, -0.2) is 23.2 Å². The molecule has 6 heteroatoms. The maximum absolute atomic E-state index is 12.9. The van der Waals surface area contributed by atoms with E-state index in [9.17, 15) is 4.79 Å². The molecule has 22 heavy (non-hydrogen) atoms. The largest absolute Gasteiger partial charge is 0.306 e. The van der Waals surface area contributed by atoms with Gasteiger partial charge in [-0.3, -0.25) is 4.79 Å². The lowest BCUT2D eigenvalue weighted by Crippen LogP contribution is -2.35. The minimum Gasteiger partial charge on any atom is -0.306 e. The average molecular weight is 353 g/mol. The van der Waals surface area contributed by atoms with Crippen LogP contribution in [0.5, 0.6) is 0 Å². The van der Waals surface area contributed by atoms with E-state index in [2.05, 4.69) is 25.8 Å². The van der Waals surface area contributed by atoms with E-state index in [4.69, 9.17) is 11.6 Å². The number of amides is 1. The SMILES string of the molecule is CC(C)(C)c1ncc(C(=O)N2CCSc3ccc(Cl)cc32)s1. The number of anilines is 1. The summed E-state index contributed by atoms with van der Waals surface area (Å²) in [4.78, 5) is 20.9. The molecular formula is C16H17ClN2OS2. The molecule has 2 aromatic rings. The van der Waals surface area contributed by atoms with Crippen molar-refractivity contribution in [2.24, 2.45) is 0 Å². The summed E-state index contributed by atoms with van der Waals surface area (Å²) in [6.45, 7) is 7.01. The zero-order chi connectivity index (χ0) is 15.9. The van der Waals surface area contributed by atoms with Gasteiger partial charge in [0, 0.05) is 27.6 Å². The van der Waals surface area contributed by atoms with Crippen molar-refractivity contribution in [2.45, 2.75) is 31.1 Å². The number of carbonyl (C=O) groups excluding carboxylic acids is 1. The molecule has 2 heterocycles. The third kappa shape index (κ3) is 3.03. The molecule has 3 nitrogen and oxygen atoms in total. The predicted molar refractivity (Wildman–Crippen MR) is 94.7 cm³/mol. The maximum atomic E-state index is 12.9. The van der Waals surface area contributed by atoms with Gasteiger partial charge in [0.2, 0.25) is 0 Å². The van der Waals surface area contributed by atoms with Gasteiger partial charge in [-0.15, -0.1) is 23.1 Å². The third-order valence-corrected chi connectivity index (χ3v) is 6.08. The first-order valence-electron chi connectivity index (χ1n) is 7.07. The number of aromatic nitrogens is 1. The lowest BCUT2D eigenvalue weighted by molar-refractivity contribution is 0.0991. The summed E-state index contributed by atoms with van der Waals surface area (Å²) in [5.41, 5.74) is 0.863. The Balaban J connectivity index is 1.94. The molecule has 0 saturated carbocycles. The van der Waals surface area contributed by atoms with Gasteiger partial charge in [-0.25, -0.2) is 4.98 Å². The first kappa shape index (κ1) is 15.8. The van der Waals surface area contributed by atoms with Crippen molar-refractivity contribution in [3.63, 3.8) is 0 Å². The van der Waals surface area contributed by atoms with Crippen LogP contribution < -0.4 is 4.90 Å². The van der Waals surface area contributed by atoms with Gasteiger partial charge in [-0.05, 0) is 18.2 Å². The minimum atomic E-state index is -0.0395. The Morgan fingerprint density at radius 3 is 2.82 bits per heavy atom. The Morgan fingerprint density at radius 2 is 2.14 bits per heavy atom. The second-order valence-corrected chi connectivity index (χ2v) is 8.80. The molecule has 0 atom stereocenters. The van der Waals surface area contributed by atoms with Gasteiger partial charge in [-0.1, -0.05) is 32.4 Å². The summed E-state index contributed by atoms with van der Waals surface area (Å²) in [7, 11) is 0. The standard InChI is InChI=1S/C16H17ClN2OS2/c1-16(2,3)15-18-9-13(22-15)14(20)19-6-7-21-12-5-4-10(17)8-11(12)19/h4-5,8-9H,6-7H2,1-3H3. The second kappa shape index (κ2) is 5.87. The lowest BCUT2D eigenvalue weighted by Gasteiger charge is -2.28. The molecule has 0 spiro atoms. The molecule has 3 rings (SSSR count). The van der Waals surface area contributed by atoms with Crippen molar-refractivity contribution in [3.05, 3.63) is 39.3 Å². The Kier molecular flexibility index (Phi) is 4.23. The topological polar surface area (TPSA) is 33.2 Å². The van der Waals surface area contributed by atoms with Crippen molar-refractivity contribution in [1.29, 1.82) is 0 Å². The smallest absolute Gasteiger partial charge is 0.270 e. The van der Waals surface area contributed by atoms with Crippen LogP contribution in [0, 0.1) is 0 Å². The van der Waals surface area contributed by atoms with Gasteiger partial charge in [0.05, 0.1) is 16.9 Å². The number of thiazole rings is 1. The molecule has 116 valence electrons. The molecule has 0 saturated heterocycles. The summed E-state index contributed by atoms with van der Waals surface area (Å²) in [6.07, 6.45) is 1.69. The van der Waals surface area contributed by atoms with Crippen LogP contribution in [0.2, 0.25) is 5.02 Å². The molecule has 1 amide bonds. The first-order chi connectivity index (χ1) is 10.4. The van der Waals surface area contributed by atoms with Crippen molar-refractivity contribution >= 4 is 46.3 Å². The van der Waals surface area contributed by atoms with Crippen molar-refractivity contribution in [1.82, 2.24) is 4.98 Å². The van der Waals surface area contributed by atoms with Crippen molar-refractivity contribution < 1.29 is 4.79 Å². The van der Waals surface area contributed by atoms with E-state index in [1.54, 1.807) is 18.0 Å². The first-order valence-corrected chi connectivity index (χ1v) is 9.25. The fourth-order valence-corrected chi connectivity index (χ4v) is 4.32. The molecule has 0 bridgehead atoms. The van der Waals surface area contributed by atoms with Crippen LogP contribution in [0.1, 0.15) is 35.5 Å². The van der Waals surface area contributed by atoms with E-state index in [0.29, 0.717) is 16.4 Å². The fraction of sp³-hybridized carbons (Fsp3) is 0.375. The van der Waals surface area contributed by atoms with E-state index >= 15 is 0 Å². The van der Waals surface area contributed by atoms with Gasteiger partial charge >= 0.3 is 0 Å². The molecular weight excluding hydrogens is 336 g/mol. The molecule has 0 radical (unpaired) electrons. The van der Waals surface area contributed by atoms with E-state index in [-0.39, 0.29) is 11.3 Å². The molecule has 0 fully saturated rings. The van der Waals surface area contributed by atoms with Gasteiger partial charge in [0.1, 0.15) is 4.88 Å². The normalized spacial score (nSPS) is 14.8. The van der Waals surface area contributed by atoms with Crippen LogP contribution in [-0.2, 0) is 5.41 Å². The highest BCUT2D eigenvalue weighted by Crippen LogP contribution is 2.38. The van der Waals surface area contributed by atoms with Crippen molar-refractivity contribution in [3.8, 4) is 0 Å². The number of thioether (sulfide) groups is 1. The summed E-state index contributed by atoms with van der Waals surface area (Å²) >= 11 is 9.34. The van der Waals surface area contributed by atoms with E-state index < -0.39 is 0 Å². The van der Waals surface area contributed by atoms with Crippen LogP contribution in [0.15, 0.2) is 29.3 Å². The van der Waals surface area contributed by atoms with E-state index in [0.717, 1.165) is 21.3 Å². The number of carbonyl (C=O) groups is 1. The number of benzene rings is 1. The second-order valence-electron chi connectivity index (χ2n) is 6.20. The monoisotopic (exact) mass is 352 g/mol. The van der Waals surface area contributed by atoms with Crippen LogP contribution >= 0.6 is 34.7 Å². The zero-order valence-electron chi connectivity index (χ0n) is 12.7. The highest BCUT2D eigenvalue weighted by Gasteiger charge is 2.27. The molecule has 0 aliphatic carbocycles. The predicted octanol–water partition coefficient (Wildman–Crippen LogP) is 4.85. The Bertz CT molecular complexity index is 721. The number of fused-ring (bicyclic) bond motifs is 1.